The minimum absolute atomic E-state index is 0.0411. The highest BCUT2D eigenvalue weighted by atomic mass is 16.5. The van der Waals surface area contributed by atoms with Crippen LogP contribution < -0.4 is 10.1 Å². The number of benzene rings is 1. The zero-order valence-corrected chi connectivity index (χ0v) is 13.5. The van der Waals surface area contributed by atoms with Crippen molar-refractivity contribution in [2.45, 2.75) is 33.2 Å². The number of amides is 1. The average molecular weight is 305 g/mol. The Morgan fingerprint density at radius 3 is 2.73 bits per heavy atom. The quantitative estimate of drug-likeness (QED) is 0.861. The molecule has 0 bridgehead atoms. The molecule has 0 spiro atoms. The molecule has 1 unspecified atom stereocenters. The third-order valence-corrected chi connectivity index (χ3v) is 3.91. The number of aryl methyl sites for hydroxylation is 1. The molecule has 120 valence electrons. The van der Waals surface area contributed by atoms with E-state index in [0.29, 0.717) is 17.8 Å². The second-order valence-electron chi connectivity index (χ2n) is 5.75. The Morgan fingerprint density at radius 1 is 1.41 bits per heavy atom. The van der Waals surface area contributed by atoms with Gasteiger partial charge in [0.15, 0.2) is 5.76 Å². The Kier molecular flexibility index (Phi) is 5.08. The van der Waals surface area contributed by atoms with Crippen LogP contribution >= 0.6 is 0 Å². The first-order valence-electron chi connectivity index (χ1n) is 7.46. The van der Waals surface area contributed by atoms with Crippen LogP contribution in [0.25, 0.3) is 11.0 Å². The van der Waals surface area contributed by atoms with E-state index in [9.17, 15) is 4.79 Å². The van der Waals surface area contributed by atoms with Crippen molar-refractivity contribution in [1.82, 2.24) is 5.32 Å². The predicted molar refractivity (Wildman–Crippen MR) is 85.3 cm³/mol. The summed E-state index contributed by atoms with van der Waals surface area (Å²) in [6.45, 7) is 5.92. The van der Waals surface area contributed by atoms with Gasteiger partial charge in [-0.3, -0.25) is 4.79 Å². The van der Waals surface area contributed by atoms with E-state index in [-0.39, 0.29) is 24.5 Å². The Hall–Kier alpha value is -2.01. The molecule has 1 heterocycles. The molecule has 1 aromatic heterocycles. The van der Waals surface area contributed by atoms with Crippen molar-refractivity contribution in [2.75, 3.05) is 13.7 Å². The number of aliphatic hydroxyl groups is 1. The molecule has 2 aromatic rings. The Bertz CT molecular complexity index is 660. The molecule has 1 atom stereocenters. The SMILES string of the molecule is COc1ccc2oc(C(=O)NC(CCO)C(C)C)c(C)c2c1. The van der Waals surface area contributed by atoms with Crippen molar-refractivity contribution < 1.29 is 19.1 Å². The van der Waals surface area contributed by atoms with Crippen molar-refractivity contribution in [3.05, 3.63) is 29.5 Å². The normalized spacial score (nSPS) is 12.6. The fourth-order valence-electron chi connectivity index (χ4n) is 2.49. The highest BCUT2D eigenvalue weighted by molar-refractivity contribution is 5.99. The van der Waals surface area contributed by atoms with Gasteiger partial charge < -0.3 is 19.6 Å². The molecule has 0 fully saturated rings. The van der Waals surface area contributed by atoms with Gasteiger partial charge in [-0.1, -0.05) is 13.8 Å². The summed E-state index contributed by atoms with van der Waals surface area (Å²) >= 11 is 0. The number of aliphatic hydroxyl groups excluding tert-OH is 1. The topological polar surface area (TPSA) is 71.7 Å². The number of nitrogens with one attached hydrogen (secondary N) is 1. The third-order valence-electron chi connectivity index (χ3n) is 3.91. The zero-order valence-electron chi connectivity index (χ0n) is 13.5. The lowest BCUT2D eigenvalue weighted by Gasteiger charge is -2.20. The molecule has 0 aliphatic rings. The van der Waals surface area contributed by atoms with Gasteiger partial charge in [-0.25, -0.2) is 0 Å². The summed E-state index contributed by atoms with van der Waals surface area (Å²) in [4.78, 5) is 12.5. The molecule has 1 aromatic carbocycles. The number of fused-ring (bicyclic) bond motifs is 1. The smallest absolute Gasteiger partial charge is 0.287 e. The van der Waals surface area contributed by atoms with Gasteiger partial charge in [-0.2, -0.15) is 0 Å². The van der Waals surface area contributed by atoms with E-state index < -0.39 is 0 Å². The maximum absolute atomic E-state index is 12.5. The maximum Gasteiger partial charge on any atom is 0.287 e. The molecule has 0 aliphatic carbocycles. The summed E-state index contributed by atoms with van der Waals surface area (Å²) in [5, 5.41) is 12.9. The van der Waals surface area contributed by atoms with Crippen LogP contribution in [0.2, 0.25) is 0 Å². The average Bonchev–Trinajstić information content (AvgIpc) is 2.83. The van der Waals surface area contributed by atoms with Gasteiger partial charge in [-0.05, 0) is 37.5 Å². The first-order chi connectivity index (χ1) is 10.5. The Morgan fingerprint density at radius 2 is 2.14 bits per heavy atom. The van der Waals surface area contributed by atoms with Gasteiger partial charge in [0.05, 0.1) is 7.11 Å². The summed E-state index contributed by atoms with van der Waals surface area (Å²) in [6.07, 6.45) is 0.524. The van der Waals surface area contributed by atoms with Crippen LogP contribution in [0.3, 0.4) is 0 Å². The van der Waals surface area contributed by atoms with Crippen molar-refractivity contribution in [2.24, 2.45) is 5.92 Å². The van der Waals surface area contributed by atoms with Crippen LogP contribution in [0.15, 0.2) is 22.6 Å². The van der Waals surface area contributed by atoms with Gasteiger partial charge >= 0.3 is 0 Å². The lowest BCUT2D eigenvalue weighted by Crippen LogP contribution is -2.39. The number of methoxy groups -OCH3 is 1. The van der Waals surface area contributed by atoms with Crippen LogP contribution in [0.4, 0.5) is 0 Å². The second-order valence-corrected chi connectivity index (χ2v) is 5.75. The Labute approximate surface area is 130 Å². The molecule has 2 N–H and O–H groups in total. The number of carbonyl (C=O) groups excluding carboxylic acids is 1. The molecule has 0 saturated heterocycles. The predicted octanol–water partition coefficient (Wildman–Crippen LogP) is 2.89. The van der Waals surface area contributed by atoms with E-state index in [0.717, 1.165) is 16.7 Å². The van der Waals surface area contributed by atoms with E-state index in [1.165, 1.54) is 0 Å². The van der Waals surface area contributed by atoms with Crippen molar-refractivity contribution in [3.8, 4) is 5.75 Å². The summed E-state index contributed by atoms with van der Waals surface area (Å²) in [7, 11) is 1.60. The van der Waals surface area contributed by atoms with Crippen LogP contribution in [-0.2, 0) is 0 Å². The number of carbonyl (C=O) groups is 1. The number of ether oxygens (including phenoxy) is 1. The van der Waals surface area contributed by atoms with E-state index in [4.69, 9.17) is 14.3 Å². The summed E-state index contributed by atoms with van der Waals surface area (Å²) in [6, 6.07) is 5.37. The Balaban J connectivity index is 2.29. The molecule has 5 nitrogen and oxygen atoms in total. The third kappa shape index (κ3) is 3.25. The highest BCUT2D eigenvalue weighted by Crippen LogP contribution is 2.28. The molecule has 2 rings (SSSR count). The second kappa shape index (κ2) is 6.83. The zero-order chi connectivity index (χ0) is 16.3. The molecule has 0 radical (unpaired) electrons. The fraction of sp³-hybridized carbons (Fsp3) is 0.471. The standard InChI is InChI=1S/C17H23NO4/c1-10(2)14(7-8-19)18-17(20)16-11(3)13-9-12(21-4)5-6-15(13)22-16/h5-6,9-10,14,19H,7-8H2,1-4H3,(H,18,20). The van der Waals surface area contributed by atoms with Gasteiger partial charge in [0.2, 0.25) is 0 Å². The maximum atomic E-state index is 12.5. The lowest BCUT2D eigenvalue weighted by atomic mass is 10.0. The number of hydrogen-bond donors (Lipinski definition) is 2. The summed E-state index contributed by atoms with van der Waals surface area (Å²) < 4.78 is 10.9. The first kappa shape index (κ1) is 16.4. The van der Waals surface area contributed by atoms with Crippen LogP contribution in [0.5, 0.6) is 5.75 Å². The van der Waals surface area contributed by atoms with Gasteiger partial charge in [0, 0.05) is 23.6 Å². The number of furan rings is 1. The minimum atomic E-state index is -0.250. The van der Waals surface area contributed by atoms with Crippen molar-refractivity contribution in [1.29, 1.82) is 0 Å². The van der Waals surface area contributed by atoms with E-state index in [1.807, 2.05) is 26.8 Å². The van der Waals surface area contributed by atoms with E-state index in [1.54, 1.807) is 19.2 Å². The molecular formula is C17H23NO4. The summed E-state index contributed by atoms with van der Waals surface area (Å²) in [5.41, 5.74) is 1.45. The van der Waals surface area contributed by atoms with Gasteiger partial charge in [-0.15, -0.1) is 0 Å². The lowest BCUT2D eigenvalue weighted by molar-refractivity contribution is 0.0889. The number of hydrogen-bond acceptors (Lipinski definition) is 4. The summed E-state index contributed by atoms with van der Waals surface area (Å²) in [5.74, 6) is 1.02. The highest BCUT2D eigenvalue weighted by Gasteiger charge is 2.22. The molecule has 5 heteroatoms. The van der Waals surface area contributed by atoms with Crippen molar-refractivity contribution in [3.63, 3.8) is 0 Å². The van der Waals surface area contributed by atoms with Crippen LogP contribution in [-0.4, -0.2) is 30.8 Å². The fourth-order valence-corrected chi connectivity index (χ4v) is 2.49. The largest absolute Gasteiger partial charge is 0.497 e. The van der Waals surface area contributed by atoms with Gasteiger partial charge in [0.1, 0.15) is 11.3 Å². The van der Waals surface area contributed by atoms with E-state index >= 15 is 0 Å². The van der Waals surface area contributed by atoms with E-state index in [2.05, 4.69) is 5.32 Å². The molecule has 1 amide bonds. The number of rotatable bonds is 6. The van der Waals surface area contributed by atoms with Gasteiger partial charge in [0.25, 0.3) is 5.91 Å². The van der Waals surface area contributed by atoms with Crippen LogP contribution in [0.1, 0.15) is 36.4 Å². The van der Waals surface area contributed by atoms with Crippen molar-refractivity contribution >= 4 is 16.9 Å². The minimum Gasteiger partial charge on any atom is -0.497 e. The molecule has 22 heavy (non-hydrogen) atoms. The van der Waals surface area contributed by atoms with Crippen LogP contribution in [0, 0.1) is 12.8 Å². The monoisotopic (exact) mass is 305 g/mol. The first-order valence-corrected chi connectivity index (χ1v) is 7.46. The molecular weight excluding hydrogens is 282 g/mol. The molecule has 0 aliphatic heterocycles. The molecule has 0 saturated carbocycles.